The van der Waals surface area contributed by atoms with Gasteiger partial charge in [-0.05, 0) is 35.2 Å². The standard InChI is InChI=1S/C21H21N3O3/c1-14-22-19(23-27-14)13-20(25)24-11-10-15-8-9-17(26-2)12-18(15)21(24)16-6-4-3-5-7-16/h3-9,12,21H,10-11,13H2,1-2H3. The molecule has 4 rings (SSSR count). The molecule has 2 aromatic carbocycles. The third kappa shape index (κ3) is 3.43. The zero-order chi connectivity index (χ0) is 18.8. The normalized spacial score (nSPS) is 16.1. The molecule has 6 heteroatoms. The summed E-state index contributed by atoms with van der Waals surface area (Å²) in [5.41, 5.74) is 3.41. The van der Waals surface area contributed by atoms with Crippen molar-refractivity contribution in [2.24, 2.45) is 0 Å². The Morgan fingerprint density at radius 2 is 2.07 bits per heavy atom. The van der Waals surface area contributed by atoms with E-state index in [1.54, 1.807) is 14.0 Å². The van der Waals surface area contributed by atoms with Crippen LogP contribution in [0.1, 0.15) is 34.4 Å². The Bertz CT molecular complexity index is 952. The maximum absolute atomic E-state index is 13.1. The summed E-state index contributed by atoms with van der Waals surface area (Å²) in [7, 11) is 1.66. The number of aryl methyl sites for hydroxylation is 1. The van der Waals surface area contributed by atoms with Gasteiger partial charge in [0, 0.05) is 13.5 Å². The number of fused-ring (bicyclic) bond motifs is 1. The van der Waals surface area contributed by atoms with Crippen LogP contribution in [-0.2, 0) is 17.6 Å². The summed E-state index contributed by atoms with van der Waals surface area (Å²) in [6, 6.07) is 16.0. The largest absolute Gasteiger partial charge is 0.497 e. The van der Waals surface area contributed by atoms with Gasteiger partial charge in [0.1, 0.15) is 5.75 Å². The van der Waals surface area contributed by atoms with Gasteiger partial charge >= 0.3 is 0 Å². The molecule has 0 saturated heterocycles. The quantitative estimate of drug-likeness (QED) is 0.712. The number of ether oxygens (including phenoxy) is 1. The molecule has 0 N–H and O–H groups in total. The number of hydrogen-bond acceptors (Lipinski definition) is 5. The summed E-state index contributed by atoms with van der Waals surface area (Å²) < 4.78 is 10.4. The van der Waals surface area contributed by atoms with E-state index in [-0.39, 0.29) is 18.4 Å². The number of hydrogen-bond donors (Lipinski definition) is 0. The number of rotatable bonds is 4. The average molecular weight is 363 g/mol. The lowest BCUT2D eigenvalue weighted by Gasteiger charge is -2.38. The van der Waals surface area contributed by atoms with E-state index in [0.717, 1.165) is 23.3 Å². The minimum Gasteiger partial charge on any atom is -0.497 e. The van der Waals surface area contributed by atoms with E-state index in [9.17, 15) is 4.79 Å². The molecule has 1 atom stereocenters. The first-order valence-electron chi connectivity index (χ1n) is 8.96. The van der Waals surface area contributed by atoms with Crippen LogP contribution in [0.4, 0.5) is 0 Å². The zero-order valence-electron chi connectivity index (χ0n) is 15.4. The first kappa shape index (κ1) is 17.3. The van der Waals surface area contributed by atoms with E-state index in [2.05, 4.69) is 28.3 Å². The number of nitrogens with zero attached hydrogens (tertiary/aromatic N) is 3. The second kappa shape index (κ2) is 7.23. The molecule has 0 spiro atoms. The number of amides is 1. The molecular weight excluding hydrogens is 342 g/mol. The van der Waals surface area contributed by atoms with Gasteiger partial charge in [0.25, 0.3) is 0 Å². The van der Waals surface area contributed by atoms with Crippen LogP contribution in [0, 0.1) is 6.92 Å². The molecule has 0 aliphatic carbocycles. The Balaban J connectivity index is 1.72. The van der Waals surface area contributed by atoms with E-state index in [0.29, 0.717) is 18.3 Å². The third-order valence-electron chi connectivity index (χ3n) is 4.90. The lowest BCUT2D eigenvalue weighted by molar-refractivity contribution is -0.132. The van der Waals surface area contributed by atoms with E-state index >= 15 is 0 Å². The Morgan fingerprint density at radius 1 is 1.26 bits per heavy atom. The van der Waals surface area contributed by atoms with Gasteiger partial charge in [-0.2, -0.15) is 4.98 Å². The summed E-state index contributed by atoms with van der Waals surface area (Å²) in [6.45, 7) is 2.37. The number of carbonyl (C=O) groups excluding carboxylic acids is 1. The molecule has 138 valence electrons. The molecule has 1 aliphatic heterocycles. The number of benzene rings is 2. The highest BCUT2D eigenvalue weighted by atomic mass is 16.5. The molecule has 1 aliphatic rings. The van der Waals surface area contributed by atoms with Gasteiger partial charge in [-0.3, -0.25) is 4.79 Å². The van der Waals surface area contributed by atoms with Crippen molar-refractivity contribution >= 4 is 5.91 Å². The van der Waals surface area contributed by atoms with Crippen molar-refractivity contribution in [3.8, 4) is 5.75 Å². The van der Waals surface area contributed by atoms with Crippen molar-refractivity contribution in [3.63, 3.8) is 0 Å². The SMILES string of the molecule is COc1ccc2c(c1)C(c1ccccc1)N(C(=O)Cc1noc(C)n1)CC2. The van der Waals surface area contributed by atoms with E-state index < -0.39 is 0 Å². The van der Waals surface area contributed by atoms with E-state index in [1.807, 2.05) is 35.2 Å². The van der Waals surface area contributed by atoms with Crippen LogP contribution < -0.4 is 4.74 Å². The summed E-state index contributed by atoms with van der Waals surface area (Å²) in [5, 5.41) is 3.87. The topological polar surface area (TPSA) is 68.5 Å². The van der Waals surface area contributed by atoms with Crippen molar-refractivity contribution in [2.45, 2.75) is 25.8 Å². The van der Waals surface area contributed by atoms with E-state index in [4.69, 9.17) is 9.26 Å². The Kier molecular flexibility index (Phi) is 4.62. The lowest BCUT2D eigenvalue weighted by atomic mass is 9.87. The summed E-state index contributed by atoms with van der Waals surface area (Å²) >= 11 is 0. The Labute approximate surface area is 157 Å². The Morgan fingerprint density at radius 3 is 2.78 bits per heavy atom. The molecule has 27 heavy (non-hydrogen) atoms. The third-order valence-corrected chi connectivity index (χ3v) is 4.90. The smallest absolute Gasteiger partial charge is 0.231 e. The maximum Gasteiger partial charge on any atom is 0.231 e. The summed E-state index contributed by atoms with van der Waals surface area (Å²) in [5.74, 6) is 1.66. The predicted octanol–water partition coefficient (Wildman–Crippen LogP) is 3.10. The van der Waals surface area contributed by atoms with Crippen LogP contribution in [0.5, 0.6) is 5.75 Å². The summed E-state index contributed by atoms with van der Waals surface area (Å²) in [4.78, 5) is 19.2. The van der Waals surface area contributed by atoms with Crippen molar-refractivity contribution < 1.29 is 14.1 Å². The molecular formula is C21H21N3O3. The highest BCUT2D eigenvalue weighted by Gasteiger charge is 2.32. The van der Waals surface area contributed by atoms with Gasteiger partial charge in [0.15, 0.2) is 5.82 Å². The molecule has 0 bridgehead atoms. The van der Waals surface area contributed by atoms with E-state index in [1.165, 1.54) is 5.56 Å². The molecule has 0 saturated carbocycles. The van der Waals surface area contributed by atoms with Gasteiger partial charge in [0.2, 0.25) is 11.8 Å². The molecule has 3 aromatic rings. The molecule has 0 fully saturated rings. The van der Waals surface area contributed by atoms with Crippen molar-refractivity contribution in [3.05, 3.63) is 76.9 Å². The number of methoxy groups -OCH3 is 1. The molecule has 2 heterocycles. The van der Waals surface area contributed by atoms with Gasteiger partial charge in [-0.25, -0.2) is 0 Å². The predicted molar refractivity (Wildman–Crippen MR) is 99.4 cm³/mol. The van der Waals surface area contributed by atoms with Gasteiger partial charge in [-0.1, -0.05) is 41.6 Å². The van der Waals surface area contributed by atoms with Crippen LogP contribution in [0.2, 0.25) is 0 Å². The van der Waals surface area contributed by atoms with Crippen LogP contribution in [0.3, 0.4) is 0 Å². The molecule has 1 unspecified atom stereocenters. The van der Waals surface area contributed by atoms with Gasteiger partial charge in [-0.15, -0.1) is 0 Å². The number of aromatic nitrogens is 2. The van der Waals surface area contributed by atoms with Gasteiger partial charge < -0.3 is 14.2 Å². The fraction of sp³-hybridized carbons (Fsp3) is 0.286. The van der Waals surface area contributed by atoms with Crippen LogP contribution >= 0.6 is 0 Å². The fourth-order valence-electron chi connectivity index (χ4n) is 3.63. The minimum atomic E-state index is -0.162. The Hall–Kier alpha value is -3.15. The highest BCUT2D eigenvalue weighted by Crippen LogP contribution is 2.37. The zero-order valence-corrected chi connectivity index (χ0v) is 15.4. The number of carbonyl (C=O) groups is 1. The molecule has 1 aromatic heterocycles. The highest BCUT2D eigenvalue weighted by molar-refractivity contribution is 5.79. The minimum absolute atomic E-state index is 0.0156. The van der Waals surface area contributed by atoms with Crippen LogP contribution in [-0.4, -0.2) is 34.6 Å². The lowest BCUT2D eigenvalue weighted by Crippen LogP contribution is -2.41. The molecule has 0 radical (unpaired) electrons. The maximum atomic E-state index is 13.1. The second-order valence-corrected chi connectivity index (χ2v) is 6.62. The van der Waals surface area contributed by atoms with Crippen LogP contribution in [0.15, 0.2) is 53.1 Å². The molecule has 6 nitrogen and oxygen atoms in total. The van der Waals surface area contributed by atoms with Gasteiger partial charge in [0.05, 0.1) is 19.6 Å². The van der Waals surface area contributed by atoms with Crippen molar-refractivity contribution in [2.75, 3.05) is 13.7 Å². The second-order valence-electron chi connectivity index (χ2n) is 6.62. The average Bonchev–Trinajstić information content (AvgIpc) is 3.11. The first-order valence-corrected chi connectivity index (χ1v) is 8.96. The van der Waals surface area contributed by atoms with Crippen LogP contribution in [0.25, 0.3) is 0 Å². The summed E-state index contributed by atoms with van der Waals surface area (Å²) in [6.07, 6.45) is 0.930. The molecule has 1 amide bonds. The first-order chi connectivity index (χ1) is 13.2. The van der Waals surface area contributed by atoms with Crippen molar-refractivity contribution in [1.29, 1.82) is 0 Å². The van der Waals surface area contributed by atoms with Crippen molar-refractivity contribution in [1.82, 2.24) is 15.0 Å². The monoisotopic (exact) mass is 363 g/mol. The fourth-order valence-corrected chi connectivity index (χ4v) is 3.63.